The molecule has 0 amide bonds. The molecular weight excluding hydrogens is 1090 g/mol. The number of likely N-dealkylation sites (N-methyl/N-ethyl adjacent to an activating group) is 1. The van der Waals surface area contributed by atoms with Crippen LogP contribution >= 0.6 is 7.82 Å². The van der Waals surface area contributed by atoms with Crippen LogP contribution in [0.2, 0.25) is 0 Å². The summed E-state index contributed by atoms with van der Waals surface area (Å²) >= 11 is 0. The molecule has 0 aliphatic carbocycles. The van der Waals surface area contributed by atoms with Gasteiger partial charge < -0.3 is 27.9 Å². The number of allylic oxidation sites excluding steroid dienone is 14. The first-order valence-electron chi connectivity index (χ1n) is 36.3. The maximum atomic E-state index is 12.9. The third kappa shape index (κ3) is 70.3. The number of phosphoric acid groups is 1. The van der Waals surface area contributed by atoms with Gasteiger partial charge in [0.25, 0.3) is 7.82 Å². The summed E-state index contributed by atoms with van der Waals surface area (Å²) in [4.78, 5) is 38.1. The molecule has 0 bridgehead atoms. The number of rotatable bonds is 67. The fraction of sp³-hybridized carbons (Fsp3) is 0.789. The molecule has 0 saturated carbocycles. The Hall–Kier alpha value is -2.81. The summed E-state index contributed by atoms with van der Waals surface area (Å²) in [6, 6.07) is 0. The van der Waals surface area contributed by atoms with Crippen molar-refractivity contribution in [2.24, 2.45) is 0 Å². The minimum absolute atomic E-state index is 0.0326. The van der Waals surface area contributed by atoms with Crippen LogP contribution < -0.4 is 4.89 Å². The van der Waals surface area contributed by atoms with Crippen LogP contribution in [0, 0.1) is 0 Å². The number of unbranched alkanes of at least 4 members (excludes halogenated alkanes) is 39. The summed E-state index contributed by atoms with van der Waals surface area (Å²) in [6.07, 6.45) is 91.0. The Bertz CT molecular complexity index is 1730. The third-order valence-corrected chi connectivity index (χ3v) is 16.9. The lowest BCUT2D eigenvalue weighted by molar-refractivity contribution is -0.870. The molecule has 0 aliphatic rings. The van der Waals surface area contributed by atoms with Gasteiger partial charge in [-0.05, 0) is 70.6 Å². The van der Waals surface area contributed by atoms with Crippen LogP contribution in [0.1, 0.15) is 335 Å². The molecule has 2 unspecified atom stereocenters. The van der Waals surface area contributed by atoms with E-state index in [1.54, 1.807) is 0 Å². The molecule has 0 rings (SSSR count). The van der Waals surface area contributed by atoms with Gasteiger partial charge in [0.15, 0.2) is 6.10 Å². The zero-order valence-electron chi connectivity index (χ0n) is 57.0. The highest BCUT2D eigenvalue weighted by Crippen LogP contribution is 2.38. The van der Waals surface area contributed by atoms with Crippen molar-refractivity contribution in [1.82, 2.24) is 0 Å². The molecule has 9 nitrogen and oxygen atoms in total. The van der Waals surface area contributed by atoms with Gasteiger partial charge in [0.05, 0.1) is 27.7 Å². The van der Waals surface area contributed by atoms with E-state index in [0.29, 0.717) is 17.4 Å². The molecule has 0 heterocycles. The molecule has 86 heavy (non-hydrogen) atoms. The lowest BCUT2D eigenvalue weighted by Gasteiger charge is -2.28. The SMILES string of the molecule is CC/C=C\C/C=C\C/C=C\C/C=C\C/C=C\C/C=C\C/C=C\CCCCCCCCCCCCCC(=O)OC(COC(=O)CCCCCCCCCCCCCCCCCCCCCCCCCCCCCCC)COP(=O)([O-])OCC[N+](C)(C)C. The van der Waals surface area contributed by atoms with Gasteiger partial charge in [0.2, 0.25) is 0 Å². The average molecular weight is 1220 g/mol. The Labute approximate surface area is 532 Å². The van der Waals surface area contributed by atoms with Gasteiger partial charge in [0.1, 0.15) is 19.8 Å². The minimum atomic E-state index is -4.65. The highest BCUT2D eigenvalue weighted by molar-refractivity contribution is 7.45. The number of quaternary nitrogens is 1. The monoisotopic (exact) mass is 1220 g/mol. The minimum Gasteiger partial charge on any atom is -0.756 e. The lowest BCUT2D eigenvalue weighted by atomic mass is 10.0. The molecule has 0 aromatic carbocycles. The Morgan fingerprint density at radius 3 is 0.988 bits per heavy atom. The third-order valence-electron chi connectivity index (χ3n) is 15.9. The highest BCUT2D eigenvalue weighted by atomic mass is 31.2. The van der Waals surface area contributed by atoms with E-state index in [1.807, 2.05) is 21.1 Å². The van der Waals surface area contributed by atoms with E-state index in [9.17, 15) is 19.0 Å². The Balaban J connectivity index is 4.03. The van der Waals surface area contributed by atoms with Crippen LogP contribution in [0.4, 0.5) is 0 Å². The van der Waals surface area contributed by atoms with Gasteiger partial charge in [-0.25, -0.2) is 0 Å². The van der Waals surface area contributed by atoms with Gasteiger partial charge in [-0.2, -0.15) is 0 Å². The normalized spacial score (nSPS) is 13.6. The first-order chi connectivity index (χ1) is 42.0. The number of phosphoric ester groups is 1. The van der Waals surface area contributed by atoms with Crippen molar-refractivity contribution in [3.05, 3.63) is 85.1 Å². The Kier molecular flexibility index (Phi) is 64.4. The molecule has 0 N–H and O–H groups in total. The molecule has 0 radical (unpaired) electrons. The predicted octanol–water partition coefficient (Wildman–Crippen LogP) is 23.1. The molecule has 0 aromatic rings. The molecule has 0 spiro atoms. The van der Waals surface area contributed by atoms with Crippen molar-refractivity contribution in [2.75, 3.05) is 47.5 Å². The second kappa shape index (κ2) is 66.6. The smallest absolute Gasteiger partial charge is 0.306 e. The van der Waals surface area contributed by atoms with Crippen molar-refractivity contribution in [3.63, 3.8) is 0 Å². The number of esters is 2. The van der Waals surface area contributed by atoms with Crippen LogP contribution in [0.3, 0.4) is 0 Å². The molecule has 10 heteroatoms. The molecule has 0 aliphatic heterocycles. The first kappa shape index (κ1) is 83.2. The predicted molar refractivity (Wildman–Crippen MR) is 369 cm³/mol. The van der Waals surface area contributed by atoms with Crippen LogP contribution in [0.15, 0.2) is 85.1 Å². The number of carbonyl (C=O) groups excluding carboxylic acids is 2. The van der Waals surface area contributed by atoms with Crippen LogP contribution in [-0.2, 0) is 32.7 Å². The van der Waals surface area contributed by atoms with Gasteiger partial charge >= 0.3 is 11.9 Å². The fourth-order valence-electron chi connectivity index (χ4n) is 10.4. The summed E-state index contributed by atoms with van der Waals surface area (Å²) in [6.45, 7) is 4.17. The molecule has 0 saturated heterocycles. The van der Waals surface area contributed by atoms with Gasteiger partial charge in [-0.1, -0.05) is 336 Å². The highest BCUT2D eigenvalue weighted by Gasteiger charge is 2.22. The average Bonchev–Trinajstić information content (AvgIpc) is 3.70. The zero-order chi connectivity index (χ0) is 62.6. The number of ether oxygens (including phenoxy) is 2. The molecular formula is C76H138NO8P. The van der Waals surface area contributed by atoms with Crippen LogP contribution in [0.25, 0.3) is 0 Å². The molecule has 500 valence electrons. The van der Waals surface area contributed by atoms with Crippen molar-refractivity contribution < 1.29 is 42.1 Å². The van der Waals surface area contributed by atoms with Crippen molar-refractivity contribution in [1.29, 1.82) is 0 Å². The second-order valence-electron chi connectivity index (χ2n) is 25.6. The number of nitrogens with zero attached hydrogens (tertiary/aromatic N) is 1. The quantitative estimate of drug-likeness (QED) is 0.0195. The van der Waals surface area contributed by atoms with E-state index in [4.69, 9.17) is 18.5 Å². The largest absolute Gasteiger partial charge is 0.756 e. The molecule has 2 atom stereocenters. The standard InChI is InChI=1S/C76H138NO8P/c1-6-8-10-12-14-16-18-20-22-24-26-28-30-32-34-36-37-38-39-41-43-45-47-49-51-53-55-57-59-61-63-65-67-69-76(79)85-74(73-84-86(80,81)83-71-70-77(3,4)5)72-82-75(78)68-66-64-62-60-58-56-54-52-50-48-46-44-42-40-35-33-31-29-27-25-23-21-19-17-15-13-11-9-7-2/h8,10,14,16,20,22,26,28,32,34,37-38,41,43,74H,6-7,9,11-13,15,17-19,21,23-25,27,29-31,33,35-36,39-40,42,44-73H2,1-5H3/b10-8-,16-14-,22-20-,28-26-,34-32-,38-37-,43-41-. The molecule has 0 fully saturated rings. The van der Waals surface area contributed by atoms with Crippen LogP contribution in [-0.4, -0.2) is 70.0 Å². The van der Waals surface area contributed by atoms with E-state index >= 15 is 0 Å². The zero-order valence-corrected chi connectivity index (χ0v) is 57.9. The summed E-state index contributed by atoms with van der Waals surface area (Å²) in [7, 11) is 1.17. The van der Waals surface area contributed by atoms with E-state index in [1.165, 1.54) is 212 Å². The summed E-state index contributed by atoms with van der Waals surface area (Å²) in [5.41, 5.74) is 0. The summed E-state index contributed by atoms with van der Waals surface area (Å²) in [5, 5.41) is 0. The fourth-order valence-corrected chi connectivity index (χ4v) is 11.1. The maximum absolute atomic E-state index is 12.9. The van der Waals surface area contributed by atoms with E-state index in [-0.39, 0.29) is 32.0 Å². The summed E-state index contributed by atoms with van der Waals surface area (Å²) < 4.78 is 34.3. The van der Waals surface area contributed by atoms with E-state index in [0.717, 1.165) is 89.9 Å². The van der Waals surface area contributed by atoms with Crippen molar-refractivity contribution in [2.45, 2.75) is 341 Å². The van der Waals surface area contributed by atoms with Gasteiger partial charge in [-0.3, -0.25) is 14.2 Å². The van der Waals surface area contributed by atoms with E-state index < -0.39 is 26.5 Å². The van der Waals surface area contributed by atoms with Crippen LogP contribution in [0.5, 0.6) is 0 Å². The maximum Gasteiger partial charge on any atom is 0.306 e. The van der Waals surface area contributed by atoms with Gasteiger partial charge in [0, 0.05) is 12.8 Å². The first-order valence-corrected chi connectivity index (χ1v) is 37.8. The number of hydrogen-bond donors (Lipinski definition) is 0. The summed E-state index contributed by atoms with van der Waals surface area (Å²) in [5.74, 6) is -0.824. The topological polar surface area (TPSA) is 111 Å². The molecule has 0 aromatic heterocycles. The van der Waals surface area contributed by atoms with Gasteiger partial charge in [-0.15, -0.1) is 0 Å². The Morgan fingerprint density at radius 2 is 0.663 bits per heavy atom. The van der Waals surface area contributed by atoms with E-state index in [2.05, 4.69) is 98.9 Å². The number of hydrogen-bond acceptors (Lipinski definition) is 8. The van der Waals surface area contributed by atoms with Crippen molar-refractivity contribution in [3.8, 4) is 0 Å². The lowest BCUT2D eigenvalue weighted by Crippen LogP contribution is -2.37. The Morgan fingerprint density at radius 1 is 0.372 bits per heavy atom. The number of carbonyl (C=O) groups is 2. The van der Waals surface area contributed by atoms with Crippen molar-refractivity contribution >= 4 is 19.8 Å². The second-order valence-corrected chi connectivity index (χ2v) is 27.0.